The van der Waals surface area contributed by atoms with Crippen LogP contribution in [0, 0.1) is 5.82 Å². The smallest absolute Gasteiger partial charge is 0.262 e. The van der Waals surface area contributed by atoms with E-state index >= 15 is 0 Å². The van der Waals surface area contributed by atoms with Gasteiger partial charge in [-0.05, 0) is 30.3 Å². The molecule has 1 aromatic heterocycles. The molecule has 1 amide bonds. The number of hydrogen-bond donors (Lipinski definition) is 1. The summed E-state index contributed by atoms with van der Waals surface area (Å²) in [6.45, 7) is 1.66. The highest BCUT2D eigenvalue weighted by Crippen LogP contribution is 2.23. The molecule has 0 spiro atoms. The van der Waals surface area contributed by atoms with Crippen molar-refractivity contribution in [2.24, 2.45) is 0 Å². The van der Waals surface area contributed by atoms with Crippen LogP contribution in [-0.2, 0) is 11.2 Å². The van der Waals surface area contributed by atoms with E-state index < -0.39 is 11.7 Å². The Labute approximate surface area is 152 Å². The van der Waals surface area contributed by atoms with Crippen molar-refractivity contribution in [3.05, 3.63) is 58.6 Å². The number of aryl methyl sites for hydroxylation is 1. The molecular formula is C18H15BrFN3O2. The largest absolute Gasteiger partial charge is 0.467 e. The molecule has 0 aliphatic heterocycles. The van der Waals surface area contributed by atoms with Gasteiger partial charge in [-0.15, -0.1) is 0 Å². The number of fused-ring (bicyclic) bond motifs is 1. The van der Waals surface area contributed by atoms with Crippen LogP contribution in [0.15, 0.2) is 46.9 Å². The lowest BCUT2D eigenvalue weighted by molar-refractivity contribution is -0.118. The van der Waals surface area contributed by atoms with Crippen molar-refractivity contribution in [2.75, 3.05) is 11.9 Å². The molecule has 0 atom stereocenters. The van der Waals surface area contributed by atoms with Crippen molar-refractivity contribution in [1.29, 1.82) is 0 Å². The van der Waals surface area contributed by atoms with E-state index in [0.29, 0.717) is 22.6 Å². The van der Waals surface area contributed by atoms with Crippen LogP contribution in [0.1, 0.15) is 12.7 Å². The molecule has 0 aliphatic carbocycles. The van der Waals surface area contributed by atoms with Crippen LogP contribution in [-0.4, -0.2) is 22.5 Å². The number of hydrogen-bond acceptors (Lipinski definition) is 4. The maximum Gasteiger partial charge on any atom is 0.262 e. The highest BCUT2D eigenvalue weighted by molar-refractivity contribution is 9.10. The number of para-hydroxylation sites is 1. The van der Waals surface area contributed by atoms with E-state index in [-0.39, 0.29) is 12.3 Å². The Morgan fingerprint density at radius 1 is 1.24 bits per heavy atom. The summed E-state index contributed by atoms with van der Waals surface area (Å²) in [5.41, 5.74) is 0.849. The average molecular weight is 404 g/mol. The van der Waals surface area contributed by atoms with Crippen LogP contribution >= 0.6 is 15.9 Å². The molecule has 0 saturated carbocycles. The van der Waals surface area contributed by atoms with Crippen LogP contribution in [0.4, 0.5) is 10.1 Å². The summed E-state index contributed by atoms with van der Waals surface area (Å²) in [4.78, 5) is 20.8. The van der Waals surface area contributed by atoms with Crippen molar-refractivity contribution in [2.45, 2.75) is 13.3 Å². The van der Waals surface area contributed by atoms with Gasteiger partial charge >= 0.3 is 0 Å². The summed E-state index contributed by atoms with van der Waals surface area (Å²) >= 11 is 3.17. The maximum atomic E-state index is 13.8. The molecule has 0 aliphatic rings. The number of benzene rings is 2. The number of nitrogens with zero attached hydrogens (tertiary/aromatic N) is 2. The predicted octanol–water partition coefficient (Wildman–Crippen LogP) is 4.11. The zero-order chi connectivity index (χ0) is 17.8. The number of halogens is 2. The molecule has 128 valence electrons. The van der Waals surface area contributed by atoms with Gasteiger partial charge in [-0.25, -0.2) is 9.37 Å². The van der Waals surface area contributed by atoms with E-state index in [9.17, 15) is 9.18 Å². The monoisotopic (exact) mass is 403 g/mol. The highest BCUT2D eigenvalue weighted by Gasteiger charge is 2.12. The number of anilines is 1. The lowest BCUT2D eigenvalue weighted by Crippen LogP contribution is -2.21. The lowest BCUT2D eigenvalue weighted by Gasteiger charge is -2.10. The number of nitrogens with one attached hydrogen (secondary N) is 1. The fraction of sp³-hybridized carbons (Fsp3) is 0.167. The van der Waals surface area contributed by atoms with E-state index in [0.717, 1.165) is 10.9 Å². The summed E-state index contributed by atoms with van der Waals surface area (Å²) in [6.07, 6.45) is 0.650. The quantitative estimate of drug-likeness (QED) is 0.695. The van der Waals surface area contributed by atoms with Crippen molar-refractivity contribution in [3.8, 4) is 5.88 Å². The third-order valence-corrected chi connectivity index (χ3v) is 3.97. The first-order chi connectivity index (χ1) is 12.1. The number of amides is 1. The van der Waals surface area contributed by atoms with Gasteiger partial charge in [0.05, 0.1) is 16.6 Å². The van der Waals surface area contributed by atoms with Crippen LogP contribution in [0.5, 0.6) is 5.88 Å². The predicted molar refractivity (Wildman–Crippen MR) is 97.1 cm³/mol. The van der Waals surface area contributed by atoms with Gasteiger partial charge in [0, 0.05) is 10.9 Å². The average Bonchev–Trinajstić information content (AvgIpc) is 2.61. The van der Waals surface area contributed by atoms with Crippen molar-refractivity contribution in [1.82, 2.24) is 9.97 Å². The second-order valence-electron chi connectivity index (χ2n) is 5.28. The molecule has 7 heteroatoms. The summed E-state index contributed by atoms with van der Waals surface area (Å²) in [7, 11) is 0. The summed E-state index contributed by atoms with van der Waals surface area (Å²) in [5, 5.41) is 3.21. The Hall–Kier alpha value is -2.54. The molecule has 25 heavy (non-hydrogen) atoms. The van der Waals surface area contributed by atoms with Crippen molar-refractivity contribution in [3.63, 3.8) is 0 Å². The Morgan fingerprint density at radius 3 is 2.80 bits per heavy atom. The van der Waals surface area contributed by atoms with Gasteiger partial charge in [-0.1, -0.05) is 35.0 Å². The fourth-order valence-electron chi connectivity index (χ4n) is 2.27. The SMILES string of the molecule is CCc1nc(OCC(=O)Nc2ccc(Br)cc2F)c2ccccc2n1. The van der Waals surface area contributed by atoms with Gasteiger partial charge in [0.15, 0.2) is 6.61 Å². The van der Waals surface area contributed by atoms with Gasteiger partial charge in [0.25, 0.3) is 5.91 Å². The standard InChI is InChI=1S/C18H15BrFN3O2/c1-2-16-21-14-6-4-3-5-12(14)18(23-16)25-10-17(24)22-15-8-7-11(19)9-13(15)20/h3-9H,2,10H2,1H3,(H,22,24). The first-order valence-electron chi connectivity index (χ1n) is 7.70. The maximum absolute atomic E-state index is 13.8. The van der Waals surface area contributed by atoms with E-state index in [1.54, 1.807) is 6.07 Å². The van der Waals surface area contributed by atoms with E-state index in [4.69, 9.17) is 4.74 Å². The Balaban J connectivity index is 1.74. The molecule has 2 aromatic carbocycles. The van der Waals surface area contributed by atoms with Gasteiger partial charge in [-0.3, -0.25) is 4.79 Å². The molecule has 1 N–H and O–H groups in total. The lowest BCUT2D eigenvalue weighted by atomic mass is 10.2. The minimum atomic E-state index is -0.525. The molecule has 0 saturated heterocycles. The second kappa shape index (κ2) is 7.57. The van der Waals surface area contributed by atoms with Crippen LogP contribution < -0.4 is 10.1 Å². The number of ether oxygens (including phenoxy) is 1. The highest BCUT2D eigenvalue weighted by atomic mass is 79.9. The number of carbonyl (C=O) groups is 1. The van der Waals surface area contributed by atoms with E-state index in [2.05, 4.69) is 31.2 Å². The number of aromatic nitrogens is 2. The molecule has 0 fully saturated rings. The van der Waals surface area contributed by atoms with Crippen molar-refractivity contribution < 1.29 is 13.9 Å². The van der Waals surface area contributed by atoms with Crippen LogP contribution in [0.25, 0.3) is 10.9 Å². The summed E-state index contributed by atoms with van der Waals surface area (Å²) < 4.78 is 19.9. The zero-order valence-corrected chi connectivity index (χ0v) is 15.0. The van der Waals surface area contributed by atoms with E-state index in [1.807, 2.05) is 31.2 Å². The molecular weight excluding hydrogens is 389 g/mol. The second-order valence-corrected chi connectivity index (χ2v) is 6.19. The molecule has 0 bridgehead atoms. The molecule has 5 nitrogen and oxygen atoms in total. The van der Waals surface area contributed by atoms with Gasteiger partial charge in [0.1, 0.15) is 11.6 Å². The number of rotatable bonds is 5. The number of carbonyl (C=O) groups excluding carboxylic acids is 1. The zero-order valence-electron chi connectivity index (χ0n) is 13.4. The van der Waals surface area contributed by atoms with Crippen molar-refractivity contribution >= 4 is 38.4 Å². The Bertz CT molecular complexity index is 933. The third kappa shape index (κ3) is 4.11. The molecule has 1 heterocycles. The van der Waals surface area contributed by atoms with E-state index in [1.165, 1.54) is 12.1 Å². The first-order valence-corrected chi connectivity index (χ1v) is 8.49. The third-order valence-electron chi connectivity index (χ3n) is 3.48. The minimum Gasteiger partial charge on any atom is -0.467 e. The van der Waals surface area contributed by atoms with Gasteiger partial charge in [0.2, 0.25) is 5.88 Å². The molecule has 0 radical (unpaired) electrons. The molecule has 3 rings (SSSR count). The molecule has 3 aromatic rings. The fourth-order valence-corrected chi connectivity index (χ4v) is 2.61. The molecule has 0 unspecified atom stereocenters. The first kappa shape index (κ1) is 17.3. The Morgan fingerprint density at radius 2 is 2.04 bits per heavy atom. The van der Waals surface area contributed by atoms with Crippen LogP contribution in [0.2, 0.25) is 0 Å². The van der Waals surface area contributed by atoms with Crippen LogP contribution in [0.3, 0.4) is 0 Å². The Kier molecular flexibility index (Phi) is 5.23. The topological polar surface area (TPSA) is 64.1 Å². The normalized spacial score (nSPS) is 10.7. The summed E-state index contributed by atoms with van der Waals surface area (Å²) in [6, 6.07) is 11.8. The van der Waals surface area contributed by atoms with Gasteiger partial charge in [-0.2, -0.15) is 4.98 Å². The van der Waals surface area contributed by atoms with Gasteiger partial charge < -0.3 is 10.1 Å². The summed E-state index contributed by atoms with van der Waals surface area (Å²) in [5.74, 6) is -0.0209. The minimum absolute atomic E-state index is 0.0959.